The summed E-state index contributed by atoms with van der Waals surface area (Å²) < 4.78 is 54.1. The molecule has 192 valence electrons. The average molecular weight is 509 g/mol. The lowest BCUT2D eigenvalue weighted by Crippen LogP contribution is -2.43. The monoisotopic (exact) mass is 508 g/mol. The summed E-state index contributed by atoms with van der Waals surface area (Å²) in [6.07, 6.45) is 4.80. The maximum absolute atomic E-state index is 14.2. The van der Waals surface area contributed by atoms with Crippen LogP contribution in [-0.2, 0) is 38.2 Å². The maximum Gasteiger partial charge on any atom is 0.317 e. The highest BCUT2D eigenvalue weighted by Gasteiger charge is 2.30. The fourth-order valence-corrected chi connectivity index (χ4v) is 6.06. The summed E-state index contributed by atoms with van der Waals surface area (Å²) in [5, 5.41) is 2.69. The SMILES string of the molecule is CCNC(=O)N(Cc1cnc(S(=O)(=O)Cc2ccccc2F)n1C[C@H]1CCCO1)C[C@@H]1CCCO1. The lowest BCUT2D eigenvalue weighted by Gasteiger charge is -2.26. The molecule has 2 aliphatic rings. The summed E-state index contributed by atoms with van der Waals surface area (Å²) in [5.74, 6) is -1.08. The number of amides is 2. The Labute approximate surface area is 205 Å². The predicted molar refractivity (Wildman–Crippen MR) is 127 cm³/mol. The van der Waals surface area contributed by atoms with Crippen LogP contribution in [-0.4, -0.2) is 67.4 Å². The molecule has 0 bridgehead atoms. The van der Waals surface area contributed by atoms with Crippen LogP contribution >= 0.6 is 0 Å². The summed E-state index contributed by atoms with van der Waals surface area (Å²) in [7, 11) is -3.96. The van der Waals surface area contributed by atoms with Gasteiger partial charge in [-0.3, -0.25) is 0 Å². The van der Waals surface area contributed by atoms with Crippen molar-refractivity contribution in [1.29, 1.82) is 0 Å². The number of aromatic nitrogens is 2. The number of halogens is 1. The fourth-order valence-electron chi connectivity index (χ4n) is 4.55. The van der Waals surface area contributed by atoms with Crippen LogP contribution in [0.2, 0.25) is 0 Å². The van der Waals surface area contributed by atoms with Gasteiger partial charge in [-0.05, 0) is 38.7 Å². The van der Waals surface area contributed by atoms with E-state index in [2.05, 4.69) is 10.3 Å². The molecule has 1 aromatic heterocycles. The van der Waals surface area contributed by atoms with Gasteiger partial charge >= 0.3 is 6.03 Å². The van der Waals surface area contributed by atoms with Gasteiger partial charge in [0.2, 0.25) is 15.0 Å². The highest BCUT2D eigenvalue weighted by molar-refractivity contribution is 7.90. The van der Waals surface area contributed by atoms with Gasteiger partial charge in [-0.1, -0.05) is 18.2 Å². The van der Waals surface area contributed by atoms with Crippen molar-refractivity contribution in [2.75, 3.05) is 26.3 Å². The Morgan fingerprint density at radius 2 is 1.91 bits per heavy atom. The zero-order valence-corrected chi connectivity index (χ0v) is 20.8. The maximum atomic E-state index is 14.2. The van der Waals surface area contributed by atoms with Crippen molar-refractivity contribution < 1.29 is 27.1 Å². The molecule has 9 nitrogen and oxygen atoms in total. The molecule has 2 atom stereocenters. The van der Waals surface area contributed by atoms with Gasteiger partial charge < -0.3 is 24.3 Å². The highest BCUT2D eigenvalue weighted by Crippen LogP contribution is 2.24. The Morgan fingerprint density at radius 1 is 1.20 bits per heavy atom. The molecule has 35 heavy (non-hydrogen) atoms. The van der Waals surface area contributed by atoms with Crippen molar-refractivity contribution in [3.63, 3.8) is 0 Å². The van der Waals surface area contributed by atoms with E-state index in [0.717, 1.165) is 25.7 Å². The average Bonchev–Trinajstić information content (AvgIpc) is 3.59. The Hall–Kier alpha value is -2.50. The summed E-state index contributed by atoms with van der Waals surface area (Å²) >= 11 is 0. The molecule has 4 rings (SSSR count). The number of urea groups is 1. The first-order valence-electron chi connectivity index (χ1n) is 12.1. The standard InChI is InChI=1S/C24H33FN4O5S/c1-2-26-23(30)28(15-20-8-5-11-33-20)14-19-13-27-24(29(19)16-21-9-6-12-34-21)35(31,32)17-18-7-3-4-10-22(18)25/h3-4,7,10,13,20-21H,2,5-6,8-9,11-12,14-17H2,1H3,(H,26,30)/t20-,21+/m0/s1. The quantitative estimate of drug-likeness (QED) is 0.530. The third-order valence-corrected chi connectivity index (χ3v) is 7.88. The van der Waals surface area contributed by atoms with Crippen LogP contribution in [0.4, 0.5) is 9.18 Å². The van der Waals surface area contributed by atoms with Crippen LogP contribution in [0.1, 0.15) is 43.9 Å². The minimum absolute atomic E-state index is 0.0589. The van der Waals surface area contributed by atoms with Crippen LogP contribution in [0.3, 0.4) is 0 Å². The van der Waals surface area contributed by atoms with Crippen molar-refractivity contribution >= 4 is 15.9 Å². The molecule has 0 aliphatic carbocycles. The molecule has 0 unspecified atom stereocenters. The first-order chi connectivity index (χ1) is 16.9. The minimum atomic E-state index is -3.96. The molecule has 3 heterocycles. The van der Waals surface area contributed by atoms with Crippen LogP contribution < -0.4 is 5.32 Å². The Balaban J connectivity index is 1.64. The van der Waals surface area contributed by atoms with E-state index in [1.807, 2.05) is 6.92 Å². The van der Waals surface area contributed by atoms with E-state index in [0.29, 0.717) is 38.5 Å². The lowest BCUT2D eigenvalue weighted by atomic mass is 10.2. The van der Waals surface area contributed by atoms with Gasteiger partial charge in [0, 0.05) is 31.9 Å². The molecule has 1 aromatic carbocycles. The molecule has 2 amide bonds. The Morgan fingerprint density at radius 3 is 2.57 bits per heavy atom. The van der Waals surface area contributed by atoms with Gasteiger partial charge in [0.05, 0.1) is 42.9 Å². The van der Waals surface area contributed by atoms with Crippen molar-refractivity contribution in [2.24, 2.45) is 0 Å². The molecule has 11 heteroatoms. The molecule has 0 spiro atoms. The van der Waals surface area contributed by atoms with E-state index in [4.69, 9.17) is 9.47 Å². The zero-order chi connectivity index (χ0) is 24.8. The Bertz CT molecular complexity index is 1110. The van der Waals surface area contributed by atoms with E-state index >= 15 is 0 Å². The number of hydrogen-bond acceptors (Lipinski definition) is 6. The summed E-state index contributed by atoms with van der Waals surface area (Å²) in [4.78, 5) is 18.7. The Kier molecular flexibility index (Phi) is 8.40. The normalized spacial score (nSPS) is 20.3. The fraction of sp³-hybridized carbons (Fsp3) is 0.583. The van der Waals surface area contributed by atoms with Crippen molar-refractivity contribution in [1.82, 2.24) is 19.8 Å². The number of nitrogens with one attached hydrogen (secondary N) is 1. The van der Waals surface area contributed by atoms with Crippen LogP contribution in [0.25, 0.3) is 0 Å². The van der Waals surface area contributed by atoms with Gasteiger partial charge in [-0.15, -0.1) is 0 Å². The number of sulfone groups is 1. The molecule has 2 aliphatic heterocycles. The van der Waals surface area contributed by atoms with Gasteiger partial charge in [-0.25, -0.2) is 22.6 Å². The molecular weight excluding hydrogens is 475 g/mol. The molecule has 2 fully saturated rings. The molecule has 2 saturated heterocycles. The van der Waals surface area contributed by atoms with E-state index < -0.39 is 21.4 Å². The van der Waals surface area contributed by atoms with Gasteiger partial charge in [0.25, 0.3) is 0 Å². The number of ether oxygens (including phenoxy) is 2. The van der Waals surface area contributed by atoms with E-state index in [1.54, 1.807) is 15.5 Å². The largest absolute Gasteiger partial charge is 0.376 e. The van der Waals surface area contributed by atoms with Crippen molar-refractivity contribution in [2.45, 2.75) is 68.8 Å². The van der Waals surface area contributed by atoms with Crippen molar-refractivity contribution in [3.05, 3.63) is 47.5 Å². The molecule has 2 aromatic rings. The summed E-state index contributed by atoms with van der Waals surface area (Å²) in [5.41, 5.74) is 0.667. The van der Waals surface area contributed by atoms with Gasteiger partial charge in [0.15, 0.2) is 0 Å². The number of imidazole rings is 1. The number of carbonyl (C=O) groups excluding carboxylic acids is 1. The highest BCUT2D eigenvalue weighted by atomic mass is 32.2. The minimum Gasteiger partial charge on any atom is -0.376 e. The number of carbonyl (C=O) groups is 1. The second kappa shape index (κ2) is 11.5. The predicted octanol–water partition coefficient (Wildman–Crippen LogP) is 2.89. The lowest BCUT2D eigenvalue weighted by molar-refractivity contribution is 0.0772. The number of rotatable bonds is 10. The van der Waals surface area contributed by atoms with Crippen molar-refractivity contribution in [3.8, 4) is 0 Å². The van der Waals surface area contributed by atoms with Crippen LogP contribution in [0, 0.1) is 5.82 Å². The third-order valence-electron chi connectivity index (χ3n) is 6.31. The number of hydrogen-bond donors (Lipinski definition) is 1. The molecule has 1 N–H and O–H groups in total. The number of nitrogens with zero attached hydrogens (tertiary/aromatic N) is 3. The molecule has 0 radical (unpaired) electrons. The van der Waals surface area contributed by atoms with Gasteiger partial charge in [0.1, 0.15) is 5.82 Å². The zero-order valence-electron chi connectivity index (χ0n) is 20.0. The summed E-state index contributed by atoms with van der Waals surface area (Å²) in [6, 6.07) is 5.58. The molecule has 0 saturated carbocycles. The first-order valence-corrected chi connectivity index (χ1v) is 13.8. The topological polar surface area (TPSA) is 103 Å². The molecular formula is C24H33FN4O5S. The van der Waals surface area contributed by atoms with E-state index in [9.17, 15) is 17.6 Å². The first kappa shape index (κ1) is 25.6. The van der Waals surface area contributed by atoms with Crippen LogP contribution in [0.5, 0.6) is 0 Å². The van der Waals surface area contributed by atoms with Crippen LogP contribution in [0.15, 0.2) is 35.6 Å². The third kappa shape index (κ3) is 6.39. The number of benzene rings is 1. The van der Waals surface area contributed by atoms with E-state index in [1.165, 1.54) is 24.4 Å². The summed E-state index contributed by atoms with van der Waals surface area (Å²) in [6.45, 7) is 4.47. The second-order valence-corrected chi connectivity index (χ2v) is 10.9. The van der Waals surface area contributed by atoms with E-state index in [-0.39, 0.29) is 35.5 Å². The second-order valence-electron chi connectivity index (χ2n) is 8.98. The van der Waals surface area contributed by atoms with Gasteiger partial charge in [-0.2, -0.15) is 0 Å². The smallest absolute Gasteiger partial charge is 0.317 e.